The van der Waals surface area contributed by atoms with Gasteiger partial charge in [-0.05, 0) is 44.0 Å². The summed E-state index contributed by atoms with van der Waals surface area (Å²) < 4.78 is 33.0. The minimum Gasteiger partial charge on any atom is -0.495 e. The molecule has 1 aromatic carbocycles. The Morgan fingerprint density at radius 1 is 1.22 bits per heavy atom. The molecule has 0 bridgehead atoms. The first-order valence-corrected chi connectivity index (χ1v) is 8.96. The van der Waals surface area contributed by atoms with Crippen LogP contribution in [0, 0.1) is 20.8 Å². The van der Waals surface area contributed by atoms with Gasteiger partial charge in [-0.25, -0.2) is 8.42 Å². The Bertz CT molecular complexity index is 856. The smallest absolute Gasteiger partial charge is 0.247 e. The summed E-state index contributed by atoms with van der Waals surface area (Å²) in [5, 5.41) is 7.17. The largest absolute Gasteiger partial charge is 0.495 e. The van der Waals surface area contributed by atoms with Crippen LogP contribution in [0.15, 0.2) is 17.0 Å². The summed E-state index contributed by atoms with van der Waals surface area (Å²) in [4.78, 5) is 0.229. The second-order valence-corrected chi connectivity index (χ2v) is 7.86. The number of ether oxygens (including phenoxy) is 1. The van der Waals surface area contributed by atoms with E-state index < -0.39 is 10.0 Å². The highest BCUT2D eigenvalue weighted by molar-refractivity contribution is 7.89. The van der Waals surface area contributed by atoms with E-state index in [1.165, 1.54) is 11.4 Å². The van der Waals surface area contributed by atoms with Crippen molar-refractivity contribution in [2.24, 2.45) is 0 Å². The molecular weight excluding hydrogens is 314 g/mol. The minimum absolute atomic E-state index is 0.229. The zero-order chi connectivity index (χ0) is 16.8. The van der Waals surface area contributed by atoms with Crippen LogP contribution in [0.4, 0.5) is 0 Å². The van der Waals surface area contributed by atoms with Gasteiger partial charge in [0.1, 0.15) is 10.6 Å². The molecule has 0 amide bonds. The van der Waals surface area contributed by atoms with Crippen molar-refractivity contribution in [1.29, 1.82) is 0 Å². The van der Waals surface area contributed by atoms with Gasteiger partial charge in [-0.15, -0.1) is 0 Å². The number of nitrogens with zero attached hydrogens (tertiary/aromatic N) is 2. The third kappa shape index (κ3) is 2.64. The lowest BCUT2D eigenvalue weighted by Crippen LogP contribution is -2.36. The van der Waals surface area contributed by atoms with Crippen LogP contribution in [0.5, 0.6) is 5.75 Å². The predicted molar refractivity (Wildman–Crippen MR) is 87.1 cm³/mol. The van der Waals surface area contributed by atoms with Gasteiger partial charge in [0.15, 0.2) is 0 Å². The van der Waals surface area contributed by atoms with Gasteiger partial charge in [-0.2, -0.15) is 9.40 Å². The molecule has 0 spiro atoms. The van der Waals surface area contributed by atoms with E-state index in [2.05, 4.69) is 10.2 Å². The summed E-state index contributed by atoms with van der Waals surface area (Å²) in [6.45, 7) is 6.53. The van der Waals surface area contributed by atoms with Gasteiger partial charge in [0, 0.05) is 30.8 Å². The van der Waals surface area contributed by atoms with E-state index in [9.17, 15) is 8.42 Å². The Morgan fingerprint density at radius 3 is 2.61 bits per heavy atom. The second-order valence-electron chi connectivity index (χ2n) is 5.95. The van der Waals surface area contributed by atoms with Crippen LogP contribution >= 0.6 is 0 Å². The van der Waals surface area contributed by atoms with E-state index in [0.29, 0.717) is 25.3 Å². The lowest BCUT2D eigenvalue weighted by atomic mass is 10.1. The van der Waals surface area contributed by atoms with Crippen LogP contribution in [0.1, 0.15) is 28.1 Å². The molecule has 124 valence electrons. The fourth-order valence-corrected chi connectivity index (χ4v) is 4.51. The van der Waals surface area contributed by atoms with E-state index in [0.717, 1.165) is 28.1 Å². The SMILES string of the molecule is COc1cc(C)c(C)cc1S(=O)(=O)N1CCc2n[nH]c(C)c2C1. The topological polar surface area (TPSA) is 75.3 Å². The highest BCUT2D eigenvalue weighted by Gasteiger charge is 2.32. The first-order valence-electron chi connectivity index (χ1n) is 7.52. The zero-order valence-electron chi connectivity index (χ0n) is 13.8. The molecule has 2 heterocycles. The quantitative estimate of drug-likeness (QED) is 0.932. The first-order chi connectivity index (χ1) is 10.8. The molecule has 7 heteroatoms. The van der Waals surface area contributed by atoms with Crippen LogP contribution < -0.4 is 4.74 Å². The van der Waals surface area contributed by atoms with Crippen LogP contribution in [0.25, 0.3) is 0 Å². The fourth-order valence-electron chi connectivity index (χ4n) is 2.87. The maximum atomic E-state index is 13.1. The monoisotopic (exact) mass is 335 g/mol. The highest BCUT2D eigenvalue weighted by Crippen LogP contribution is 2.32. The number of methoxy groups -OCH3 is 1. The zero-order valence-corrected chi connectivity index (χ0v) is 14.6. The van der Waals surface area contributed by atoms with Gasteiger partial charge in [0.05, 0.1) is 12.8 Å². The molecule has 1 aliphatic heterocycles. The lowest BCUT2D eigenvalue weighted by molar-refractivity contribution is 0.376. The Labute approximate surface area is 136 Å². The molecule has 3 rings (SSSR count). The van der Waals surface area contributed by atoms with Crippen molar-refractivity contribution in [2.75, 3.05) is 13.7 Å². The predicted octanol–water partition coefficient (Wildman–Crippen LogP) is 2.09. The number of fused-ring (bicyclic) bond motifs is 1. The maximum absolute atomic E-state index is 13.1. The number of aromatic amines is 1. The third-order valence-electron chi connectivity index (χ3n) is 4.49. The number of aromatic nitrogens is 2. The lowest BCUT2D eigenvalue weighted by Gasteiger charge is -2.27. The van der Waals surface area contributed by atoms with E-state index >= 15 is 0 Å². The molecule has 0 aliphatic carbocycles. The Kier molecular flexibility index (Phi) is 3.93. The van der Waals surface area contributed by atoms with Gasteiger partial charge in [-0.1, -0.05) is 0 Å². The van der Waals surface area contributed by atoms with Gasteiger partial charge in [0.25, 0.3) is 0 Å². The molecule has 1 N–H and O–H groups in total. The molecular formula is C16H21N3O3S. The van der Waals surface area contributed by atoms with E-state index in [4.69, 9.17) is 4.74 Å². The fraction of sp³-hybridized carbons (Fsp3) is 0.438. The molecule has 0 radical (unpaired) electrons. The summed E-state index contributed by atoms with van der Waals surface area (Å²) in [7, 11) is -2.12. The normalized spacial score (nSPS) is 15.5. The van der Waals surface area contributed by atoms with Gasteiger partial charge < -0.3 is 4.74 Å². The van der Waals surface area contributed by atoms with E-state index in [-0.39, 0.29) is 4.90 Å². The van der Waals surface area contributed by atoms with Crippen molar-refractivity contribution in [3.63, 3.8) is 0 Å². The number of aryl methyl sites for hydroxylation is 3. The second kappa shape index (κ2) is 5.65. The summed E-state index contributed by atoms with van der Waals surface area (Å²) in [5.74, 6) is 0.391. The van der Waals surface area contributed by atoms with Crippen molar-refractivity contribution in [3.05, 3.63) is 40.2 Å². The summed E-state index contributed by atoms with van der Waals surface area (Å²) in [6.07, 6.45) is 0.617. The number of nitrogens with one attached hydrogen (secondary N) is 1. The van der Waals surface area contributed by atoms with Crippen LogP contribution in [0.2, 0.25) is 0 Å². The molecule has 1 aliphatic rings. The molecule has 0 saturated carbocycles. The Balaban J connectivity index is 2.03. The Morgan fingerprint density at radius 2 is 1.91 bits per heavy atom. The van der Waals surface area contributed by atoms with E-state index in [1.54, 1.807) is 12.1 Å². The summed E-state index contributed by atoms with van der Waals surface area (Å²) in [5.41, 5.74) is 4.80. The molecule has 0 unspecified atom stereocenters. The van der Waals surface area contributed by atoms with Crippen LogP contribution in [-0.2, 0) is 23.0 Å². The number of benzene rings is 1. The number of rotatable bonds is 3. The van der Waals surface area contributed by atoms with E-state index in [1.807, 2.05) is 20.8 Å². The van der Waals surface area contributed by atoms with Gasteiger partial charge in [0.2, 0.25) is 10.0 Å². The standard InChI is InChI=1S/C16H21N3O3S/c1-10-7-15(22-4)16(8-11(10)2)23(20,21)19-6-5-14-13(9-19)12(3)17-18-14/h7-8H,5-6,9H2,1-4H3,(H,17,18). The summed E-state index contributed by atoms with van der Waals surface area (Å²) in [6, 6.07) is 3.47. The van der Waals surface area contributed by atoms with Gasteiger partial charge in [-0.3, -0.25) is 5.10 Å². The summed E-state index contributed by atoms with van der Waals surface area (Å²) >= 11 is 0. The van der Waals surface area contributed by atoms with Crippen molar-refractivity contribution < 1.29 is 13.2 Å². The van der Waals surface area contributed by atoms with Crippen molar-refractivity contribution >= 4 is 10.0 Å². The average Bonchev–Trinajstić information content (AvgIpc) is 2.90. The Hall–Kier alpha value is -1.86. The molecule has 23 heavy (non-hydrogen) atoms. The number of hydrogen-bond donors (Lipinski definition) is 1. The highest BCUT2D eigenvalue weighted by atomic mass is 32.2. The third-order valence-corrected chi connectivity index (χ3v) is 6.36. The maximum Gasteiger partial charge on any atom is 0.247 e. The van der Waals surface area contributed by atoms with Crippen molar-refractivity contribution in [2.45, 2.75) is 38.6 Å². The molecule has 2 aromatic rings. The van der Waals surface area contributed by atoms with Crippen LogP contribution in [0.3, 0.4) is 0 Å². The van der Waals surface area contributed by atoms with Crippen LogP contribution in [-0.4, -0.2) is 36.6 Å². The molecule has 1 aromatic heterocycles. The molecule has 0 fully saturated rings. The minimum atomic E-state index is -3.61. The average molecular weight is 335 g/mol. The molecule has 0 atom stereocenters. The first kappa shape index (κ1) is 16.0. The molecule has 0 saturated heterocycles. The van der Waals surface area contributed by atoms with Gasteiger partial charge >= 0.3 is 0 Å². The van der Waals surface area contributed by atoms with Crippen molar-refractivity contribution in [3.8, 4) is 5.75 Å². The number of H-pyrrole nitrogens is 1. The van der Waals surface area contributed by atoms with Crippen molar-refractivity contribution in [1.82, 2.24) is 14.5 Å². The number of sulfonamides is 1. The molecule has 6 nitrogen and oxygen atoms in total. The number of hydrogen-bond acceptors (Lipinski definition) is 4.